The Morgan fingerprint density at radius 1 is 1.30 bits per heavy atom. The molecule has 0 spiro atoms. The van der Waals surface area contributed by atoms with Crippen molar-refractivity contribution in [2.45, 2.75) is 24.9 Å². The Kier molecular flexibility index (Phi) is 5.69. The minimum atomic E-state index is -0.813. The van der Waals surface area contributed by atoms with Crippen LogP contribution in [-0.4, -0.2) is 43.7 Å². The molecule has 2 N–H and O–H groups in total. The van der Waals surface area contributed by atoms with Gasteiger partial charge in [0.25, 0.3) is 0 Å². The van der Waals surface area contributed by atoms with Gasteiger partial charge in [0.05, 0.1) is 31.8 Å². The predicted octanol–water partition coefficient (Wildman–Crippen LogP) is 1.98. The molecule has 23 heavy (non-hydrogen) atoms. The van der Waals surface area contributed by atoms with Gasteiger partial charge in [-0.3, -0.25) is 10.0 Å². The number of ether oxygens (including phenoxy) is 3. The summed E-state index contributed by atoms with van der Waals surface area (Å²) in [5, 5.41) is 23.4. The third-order valence-electron chi connectivity index (χ3n) is 3.78. The summed E-state index contributed by atoms with van der Waals surface area (Å²) in [7, 11) is 4.41. The van der Waals surface area contributed by atoms with Gasteiger partial charge in [-0.05, 0) is 34.0 Å². The lowest BCUT2D eigenvalue weighted by atomic mass is 9.92. The number of carbonyl (C=O) groups is 1. The summed E-state index contributed by atoms with van der Waals surface area (Å²) in [6.07, 6.45) is 0.405. The van der Waals surface area contributed by atoms with Crippen LogP contribution in [0.2, 0.25) is 0 Å². The Balaban J connectivity index is 2.58. The zero-order chi connectivity index (χ0) is 17.1. The van der Waals surface area contributed by atoms with Crippen molar-refractivity contribution in [1.82, 2.24) is 10.5 Å². The first-order valence-corrected chi connectivity index (χ1v) is 7.66. The summed E-state index contributed by atoms with van der Waals surface area (Å²) < 4.78 is 16.4. The predicted molar refractivity (Wildman–Crippen MR) is 84.7 cm³/mol. The SMILES string of the molecule is COc1cc([C@@H]2NC(=O)CC[C@H]2N([O-])O)c(Br)c(OC)c1OC. The second-order valence-corrected chi connectivity index (χ2v) is 5.80. The Morgan fingerprint density at radius 3 is 2.48 bits per heavy atom. The number of carbonyl (C=O) groups excluding carboxylic acids is 1. The molecule has 128 valence electrons. The number of hydroxylamine groups is 2. The van der Waals surface area contributed by atoms with Crippen molar-refractivity contribution in [2.24, 2.45) is 0 Å². The van der Waals surface area contributed by atoms with Crippen molar-refractivity contribution in [2.75, 3.05) is 21.3 Å². The molecule has 0 aromatic heterocycles. The number of nitrogens with zero attached hydrogens (tertiary/aromatic N) is 1. The first kappa shape index (κ1) is 17.8. The number of amides is 1. The van der Waals surface area contributed by atoms with Crippen molar-refractivity contribution in [3.05, 3.63) is 21.3 Å². The van der Waals surface area contributed by atoms with Gasteiger partial charge in [-0.1, -0.05) is 0 Å². The van der Waals surface area contributed by atoms with Crippen LogP contribution in [0.1, 0.15) is 24.4 Å². The molecule has 0 bridgehead atoms. The van der Waals surface area contributed by atoms with E-state index in [1.807, 2.05) is 0 Å². The average Bonchev–Trinajstić information content (AvgIpc) is 2.53. The van der Waals surface area contributed by atoms with Gasteiger partial charge < -0.3 is 29.9 Å². The van der Waals surface area contributed by atoms with E-state index in [-0.39, 0.29) is 24.0 Å². The highest BCUT2D eigenvalue weighted by atomic mass is 79.9. The zero-order valence-corrected chi connectivity index (χ0v) is 14.5. The summed E-state index contributed by atoms with van der Waals surface area (Å²) in [6, 6.07) is 0.103. The van der Waals surface area contributed by atoms with E-state index in [9.17, 15) is 15.2 Å². The van der Waals surface area contributed by atoms with E-state index in [0.29, 0.717) is 27.3 Å². The van der Waals surface area contributed by atoms with Crippen LogP contribution in [0.5, 0.6) is 17.2 Å². The van der Waals surface area contributed by atoms with Crippen molar-refractivity contribution in [3.63, 3.8) is 0 Å². The van der Waals surface area contributed by atoms with Gasteiger partial charge in [-0.25, -0.2) is 0 Å². The van der Waals surface area contributed by atoms with Crippen LogP contribution in [0.4, 0.5) is 0 Å². The van der Waals surface area contributed by atoms with Crippen LogP contribution in [0.25, 0.3) is 0 Å². The fraction of sp³-hybridized carbons (Fsp3) is 0.500. The standard InChI is InChI=1S/C14H18BrN2O6/c1-21-9-6-7(11(15)14(23-3)13(9)22-2)12-8(17(19)20)4-5-10(18)16-12/h6,8,12,19H,4-5H2,1-3H3,(H,16,18)/q-1/t8-,12+/m1/s1. The monoisotopic (exact) mass is 389 g/mol. The topological polar surface area (TPSA) is 103 Å². The van der Waals surface area contributed by atoms with Gasteiger partial charge in [-0.2, -0.15) is 0 Å². The Hall–Kier alpha value is -1.55. The molecular weight excluding hydrogens is 372 g/mol. The third kappa shape index (κ3) is 3.37. The van der Waals surface area contributed by atoms with Crippen molar-refractivity contribution in [3.8, 4) is 17.2 Å². The van der Waals surface area contributed by atoms with E-state index in [1.54, 1.807) is 6.07 Å². The smallest absolute Gasteiger partial charge is 0.220 e. The van der Waals surface area contributed by atoms with E-state index in [1.165, 1.54) is 21.3 Å². The Morgan fingerprint density at radius 2 is 1.96 bits per heavy atom. The summed E-state index contributed by atoms with van der Waals surface area (Å²) in [4.78, 5) is 11.7. The summed E-state index contributed by atoms with van der Waals surface area (Å²) in [5.41, 5.74) is 0.549. The van der Waals surface area contributed by atoms with Crippen LogP contribution in [-0.2, 0) is 4.79 Å². The number of hydrogen-bond donors (Lipinski definition) is 2. The van der Waals surface area contributed by atoms with Gasteiger partial charge in [0.15, 0.2) is 11.5 Å². The highest BCUT2D eigenvalue weighted by Crippen LogP contribution is 2.47. The Bertz CT molecular complexity index is 595. The molecule has 9 heteroatoms. The quantitative estimate of drug-likeness (QED) is 0.741. The molecule has 1 aromatic rings. The third-order valence-corrected chi connectivity index (χ3v) is 4.60. The van der Waals surface area contributed by atoms with Crippen LogP contribution >= 0.6 is 15.9 Å². The van der Waals surface area contributed by atoms with Crippen molar-refractivity contribution >= 4 is 21.8 Å². The second-order valence-electron chi connectivity index (χ2n) is 5.00. The molecule has 1 heterocycles. The lowest BCUT2D eigenvalue weighted by molar-refractivity contribution is -0.133. The van der Waals surface area contributed by atoms with E-state index >= 15 is 0 Å². The maximum absolute atomic E-state index is 11.7. The number of rotatable bonds is 5. The molecule has 1 amide bonds. The second kappa shape index (κ2) is 7.35. The lowest BCUT2D eigenvalue weighted by Gasteiger charge is -2.40. The minimum Gasteiger partial charge on any atom is -0.762 e. The molecule has 1 saturated heterocycles. The number of piperidine rings is 1. The highest BCUT2D eigenvalue weighted by Gasteiger charge is 2.34. The maximum Gasteiger partial charge on any atom is 0.220 e. The first-order chi connectivity index (χ1) is 10.9. The van der Waals surface area contributed by atoms with E-state index in [0.717, 1.165) is 0 Å². The van der Waals surface area contributed by atoms with Crippen LogP contribution in [0, 0.1) is 5.21 Å². The normalized spacial score (nSPS) is 21.1. The van der Waals surface area contributed by atoms with Gasteiger partial charge in [-0.15, -0.1) is 0 Å². The van der Waals surface area contributed by atoms with E-state index in [2.05, 4.69) is 21.2 Å². The fourth-order valence-electron chi connectivity index (χ4n) is 2.68. The van der Waals surface area contributed by atoms with Gasteiger partial charge >= 0.3 is 0 Å². The molecule has 1 fully saturated rings. The largest absolute Gasteiger partial charge is 0.762 e. The molecule has 1 aromatic carbocycles. The molecule has 0 radical (unpaired) electrons. The van der Waals surface area contributed by atoms with Gasteiger partial charge in [0, 0.05) is 12.5 Å². The van der Waals surface area contributed by atoms with E-state index < -0.39 is 12.1 Å². The molecular formula is C14H18BrN2O6-. The molecule has 8 nitrogen and oxygen atoms in total. The molecule has 2 atom stereocenters. The molecule has 1 aliphatic heterocycles. The molecule has 0 aliphatic carbocycles. The number of hydrogen-bond acceptors (Lipinski definition) is 7. The van der Waals surface area contributed by atoms with Gasteiger partial charge in [0.2, 0.25) is 11.7 Å². The van der Waals surface area contributed by atoms with Crippen LogP contribution < -0.4 is 19.5 Å². The average molecular weight is 390 g/mol. The maximum atomic E-state index is 11.7. The Labute approximate surface area is 142 Å². The molecule has 2 rings (SSSR count). The minimum absolute atomic E-state index is 0.125. The molecule has 1 aliphatic rings. The summed E-state index contributed by atoms with van der Waals surface area (Å²) >= 11 is 3.41. The number of methoxy groups -OCH3 is 3. The lowest BCUT2D eigenvalue weighted by Crippen LogP contribution is -2.47. The van der Waals surface area contributed by atoms with Crippen LogP contribution in [0.3, 0.4) is 0 Å². The van der Waals surface area contributed by atoms with Crippen molar-refractivity contribution < 1.29 is 24.2 Å². The fourth-order valence-corrected chi connectivity index (χ4v) is 3.38. The molecule has 0 saturated carbocycles. The number of nitrogens with one attached hydrogen (secondary N) is 1. The highest BCUT2D eigenvalue weighted by molar-refractivity contribution is 9.10. The van der Waals surface area contributed by atoms with Gasteiger partial charge in [0.1, 0.15) is 0 Å². The molecule has 0 unspecified atom stereocenters. The number of halogens is 1. The summed E-state index contributed by atoms with van der Waals surface area (Å²) in [5.74, 6) is 0.938. The summed E-state index contributed by atoms with van der Waals surface area (Å²) in [6.45, 7) is 0. The van der Waals surface area contributed by atoms with Crippen LogP contribution in [0.15, 0.2) is 10.5 Å². The number of benzene rings is 1. The van der Waals surface area contributed by atoms with Crippen molar-refractivity contribution in [1.29, 1.82) is 0 Å². The first-order valence-electron chi connectivity index (χ1n) is 6.87. The van der Waals surface area contributed by atoms with E-state index in [4.69, 9.17) is 14.2 Å². The zero-order valence-electron chi connectivity index (χ0n) is 13.0.